The van der Waals surface area contributed by atoms with Crippen molar-refractivity contribution in [2.24, 2.45) is 0 Å². The van der Waals surface area contributed by atoms with Gasteiger partial charge < -0.3 is 19.3 Å². The summed E-state index contributed by atoms with van der Waals surface area (Å²) in [4.78, 5) is 29.6. The fraction of sp³-hybridized carbons (Fsp3) is 0.259. The Morgan fingerprint density at radius 3 is 2.24 bits per heavy atom. The normalized spacial score (nSPS) is 18.9. The summed E-state index contributed by atoms with van der Waals surface area (Å²) in [6, 6.07) is 16.7. The molecule has 0 bridgehead atoms. The van der Waals surface area contributed by atoms with Gasteiger partial charge in [-0.2, -0.15) is 13.2 Å². The molecule has 2 heterocycles. The molecule has 0 saturated carbocycles. The molecule has 1 atom stereocenters. The second-order valence-electron chi connectivity index (χ2n) is 8.65. The maximum absolute atomic E-state index is 14.1. The summed E-state index contributed by atoms with van der Waals surface area (Å²) in [6.07, 6.45) is -4.45. The highest BCUT2D eigenvalue weighted by atomic mass is 32.2. The van der Waals surface area contributed by atoms with E-state index < -0.39 is 16.6 Å². The summed E-state index contributed by atoms with van der Waals surface area (Å²) in [5.74, 6) is 1.06. The van der Waals surface area contributed by atoms with Gasteiger partial charge in [-0.3, -0.25) is 9.59 Å². The number of benzene rings is 3. The highest BCUT2D eigenvalue weighted by Gasteiger charge is 2.59. The van der Waals surface area contributed by atoms with Crippen molar-refractivity contribution >= 4 is 29.3 Å². The van der Waals surface area contributed by atoms with Gasteiger partial charge in [-0.05, 0) is 60.2 Å². The van der Waals surface area contributed by atoms with Gasteiger partial charge in [0.1, 0.15) is 11.5 Å². The van der Waals surface area contributed by atoms with E-state index in [1.54, 1.807) is 47.4 Å². The molecule has 2 aliphatic heterocycles. The largest absolute Gasteiger partial charge is 0.497 e. The van der Waals surface area contributed by atoms with Gasteiger partial charge in [0.2, 0.25) is 0 Å². The van der Waals surface area contributed by atoms with Gasteiger partial charge in [-0.1, -0.05) is 12.1 Å². The number of hydrogen-bond donors (Lipinski definition) is 0. The number of alkyl halides is 3. The van der Waals surface area contributed by atoms with Crippen LogP contribution in [0.4, 0.5) is 18.9 Å². The van der Waals surface area contributed by atoms with Crippen LogP contribution < -0.4 is 14.4 Å². The maximum Gasteiger partial charge on any atom is 0.416 e. The van der Waals surface area contributed by atoms with E-state index in [1.807, 2.05) is 0 Å². The molecular formula is C27H23F3N2O4S. The monoisotopic (exact) mass is 528 g/mol. The Kier molecular flexibility index (Phi) is 6.31. The van der Waals surface area contributed by atoms with Crippen LogP contribution in [0.3, 0.4) is 0 Å². The molecule has 5 rings (SSSR count). The smallest absolute Gasteiger partial charge is 0.416 e. The number of rotatable bonds is 5. The third-order valence-electron chi connectivity index (χ3n) is 6.60. The van der Waals surface area contributed by atoms with E-state index in [0.717, 1.165) is 12.1 Å². The minimum absolute atomic E-state index is 0.0587. The Morgan fingerprint density at radius 1 is 0.973 bits per heavy atom. The van der Waals surface area contributed by atoms with Crippen LogP contribution in [0.25, 0.3) is 0 Å². The van der Waals surface area contributed by atoms with Crippen molar-refractivity contribution in [3.05, 3.63) is 89.0 Å². The van der Waals surface area contributed by atoms with Crippen LogP contribution in [-0.4, -0.2) is 43.2 Å². The van der Waals surface area contributed by atoms with Crippen LogP contribution in [0, 0.1) is 0 Å². The van der Waals surface area contributed by atoms with E-state index >= 15 is 0 Å². The van der Waals surface area contributed by atoms with E-state index in [2.05, 4.69) is 0 Å². The van der Waals surface area contributed by atoms with Gasteiger partial charge in [0.25, 0.3) is 11.8 Å². The SMILES string of the molecule is COc1ccc(C(=O)N2CCS[C@]23C(=O)N(Cc2ccc(C(F)(F)F)cc2)c2ccc(OC)cc23)cc1. The molecule has 0 aromatic heterocycles. The number of fused-ring (bicyclic) bond motifs is 2. The molecule has 0 aliphatic carbocycles. The Hall–Kier alpha value is -3.66. The summed E-state index contributed by atoms with van der Waals surface area (Å²) in [6.45, 7) is 0.412. The Balaban J connectivity index is 1.54. The molecule has 37 heavy (non-hydrogen) atoms. The highest BCUT2D eigenvalue weighted by molar-refractivity contribution is 8.01. The van der Waals surface area contributed by atoms with E-state index in [0.29, 0.717) is 46.2 Å². The van der Waals surface area contributed by atoms with Gasteiger partial charge in [-0.15, -0.1) is 11.8 Å². The predicted molar refractivity (Wildman–Crippen MR) is 134 cm³/mol. The summed E-state index contributed by atoms with van der Waals surface area (Å²) < 4.78 is 49.7. The molecule has 6 nitrogen and oxygen atoms in total. The Bertz CT molecular complexity index is 1350. The van der Waals surface area contributed by atoms with Crippen LogP contribution in [-0.2, 0) is 22.4 Å². The molecule has 1 spiro atoms. The second kappa shape index (κ2) is 9.33. The van der Waals surface area contributed by atoms with Crippen LogP contribution in [0.1, 0.15) is 27.0 Å². The molecule has 192 valence electrons. The van der Waals surface area contributed by atoms with Crippen LogP contribution in [0.15, 0.2) is 66.7 Å². The zero-order valence-corrected chi connectivity index (χ0v) is 20.9. The van der Waals surface area contributed by atoms with Crippen molar-refractivity contribution < 1.29 is 32.2 Å². The number of amides is 2. The molecule has 3 aromatic rings. The third kappa shape index (κ3) is 4.19. The lowest BCUT2D eigenvalue weighted by Gasteiger charge is -2.33. The van der Waals surface area contributed by atoms with E-state index in [9.17, 15) is 22.8 Å². The highest BCUT2D eigenvalue weighted by Crippen LogP contribution is 2.55. The first-order chi connectivity index (χ1) is 17.7. The topological polar surface area (TPSA) is 59.1 Å². The number of ether oxygens (including phenoxy) is 2. The zero-order valence-electron chi connectivity index (χ0n) is 20.0. The molecule has 10 heteroatoms. The molecule has 2 amide bonds. The molecular weight excluding hydrogens is 505 g/mol. The molecule has 1 fully saturated rings. The van der Waals surface area contributed by atoms with Crippen molar-refractivity contribution in [1.29, 1.82) is 0 Å². The number of halogens is 3. The molecule has 1 saturated heterocycles. The van der Waals surface area contributed by atoms with Crippen LogP contribution >= 0.6 is 11.8 Å². The van der Waals surface area contributed by atoms with Gasteiger partial charge in [0.15, 0.2) is 4.87 Å². The first-order valence-corrected chi connectivity index (χ1v) is 12.4. The lowest BCUT2D eigenvalue weighted by Crippen LogP contribution is -2.50. The Morgan fingerprint density at radius 2 is 1.62 bits per heavy atom. The van der Waals surface area contributed by atoms with Crippen molar-refractivity contribution in [1.82, 2.24) is 4.90 Å². The average Bonchev–Trinajstić information content (AvgIpc) is 3.44. The Labute approximate surface area is 216 Å². The summed E-state index contributed by atoms with van der Waals surface area (Å²) >= 11 is 1.37. The minimum Gasteiger partial charge on any atom is -0.497 e. The first kappa shape index (κ1) is 25.0. The summed E-state index contributed by atoms with van der Waals surface area (Å²) in [7, 11) is 3.06. The number of thioether (sulfide) groups is 1. The van der Waals surface area contributed by atoms with Crippen molar-refractivity contribution in [2.75, 3.05) is 31.4 Å². The predicted octanol–water partition coefficient (Wildman–Crippen LogP) is 5.31. The van der Waals surface area contributed by atoms with Crippen LogP contribution in [0.5, 0.6) is 11.5 Å². The van der Waals surface area contributed by atoms with Gasteiger partial charge in [-0.25, -0.2) is 0 Å². The number of methoxy groups -OCH3 is 2. The molecule has 0 radical (unpaired) electrons. The molecule has 0 unspecified atom stereocenters. The molecule has 2 aliphatic rings. The van der Waals surface area contributed by atoms with E-state index in [4.69, 9.17) is 9.47 Å². The molecule has 3 aromatic carbocycles. The number of carbonyl (C=O) groups excluding carboxylic acids is 2. The lowest BCUT2D eigenvalue weighted by atomic mass is 10.0. The number of hydrogen-bond acceptors (Lipinski definition) is 5. The maximum atomic E-state index is 14.1. The molecule has 0 N–H and O–H groups in total. The third-order valence-corrected chi connectivity index (χ3v) is 8.02. The van der Waals surface area contributed by atoms with Gasteiger partial charge >= 0.3 is 6.18 Å². The van der Waals surface area contributed by atoms with E-state index in [1.165, 1.54) is 43.0 Å². The number of carbonyl (C=O) groups is 2. The quantitative estimate of drug-likeness (QED) is 0.449. The minimum atomic E-state index is -4.45. The van der Waals surface area contributed by atoms with Gasteiger partial charge in [0.05, 0.1) is 32.0 Å². The second-order valence-corrected chi connectivity index (χ2v) is 9.93. The van der Waals surface area contributed by atoms with Crippen molar-refractivity contribution in [3.8, 4) is 11.5 Å². The standard InChI is InChI=1S/C27H23F3N2O4S/c1-35-20-9-5-18(6-10-20)24(33)32-13-14-37-26(32)22-15-21(36-2)11-12-23(22)31(25(26)34)16-17-3-7-19(8-4-17)27(28,29)30/h3-12,15H,13-14,16H2,1-2H3/t26-/m1/s1. The summed E-state index contributed by atoms with van der Waals surface area (Å²) in [5.41, 5.74) is 1.41. The van der Waals surface area contributed by atoms with E-state index in [-0.39, 0.29) is 18.4 Å². The summed E-state index contributed by atoms with van der Waals surface area (Å²) in [5, 5.41) is 0. The van der Waals surface area contributed by atoms with Gasteiger partial charge in [0, 0.05) is 23.4 Å². The first-order valence-electron chi connectivity index (χ1n) is 11.5. The lowest BCUT2D eigenvalue weighted by molar-refractivity contribution is -0.137. The zero-order chi connectivity index (χ0) is 26.4. The number of anilines is 1. The fourth-order valence-electron chi connectivity index (χ4n) is 4.75. The average molecular weight is 529 g/mol. The van der Waals surface area contributed by atoms with Crippen LogP contribution in [0.2, 0.25) is 0 Å². The van der Waals surface area contributed by atoms with Crippen molar-refractivity contribution in [3.63, 3.8) is 0 Å². The fourth-order valence-corrected chi connectivity index (χ4v) is 6.20. The van der Waals surface area contributed by atoms with Crippen molar-refractivity contribution in [2.45, 2.75) is 17.6 Å². The number of nitrogens with zero attached hydrogens (tertiary/aromatic N) is 2.